The molecular weight excluding hydrogens is 220 g/mol. The summed E-state index contributed by atoms with van der Waals surface area (Å²) in [6.07, 6.45) is 9.02. The van der Waals surface area contributed by atoms with Gasteiger partial charge in [-0.15, -0.1) is 6.58 Å². The molecule has 1 atom stereocenters. The summed E-state index contributed by atoms with van der Waals surface area (Å²) in [5.74, 6) is 0.749. The van der Waals surface area contributed by atoms with Crippen molar-refractivity contribution in [2.45, 2.75) is 45.6 Å². The second kappa shape index (κ2) is 7.10. The van der Waals surface area contributed by atoms with Crippen molar-refractivity contribution in [1.82, 2.24) is 4.98 Å². The van der Waals surface area contributed by atoms with Gasteiger partial charge in [0.2, 0.25) is 0 Å². The van der Waals surface area contributed by atoms with Crippen molar-refractivity contribution in [3.05, 3.63) is 42.7 Å². The van der Waals surface area contributed by atoms with Crippen molar-refractivity contribution >= 4 is 6.21 Å². The smallest absolute Gasteiger partial charge is 0.0808 e. The van der Waals surface area contributed by atoms with E-state index in [4.69, 9.17) is 0 Å². The Hall–Kier alpha value is -1.44. The average Bonchev–Trinajstić information content (AvgIpc) is 2.37. The van der Waals surface area contributed by atoms with Gasteiger partial charge in [-0.1, -0.05) is 38.8 Å². The predicted octanol–water partition coefficient (Wildman–Crippen LogP) is 4.27. The highest BCUT2D eigenvalue weighted by Crippen LogP contribution is 2.21. The van der Waals surface area contributed by atoms with Crippen LogP contribution < -0.4 is 0 Å². The van der Waals surface area contributed by atoms with Crippen LogP contribution in [0.3, 0.4) is 0 Å². The zero-order valence-corrected chi connectivity index (χ0v) is 11.8. The van der Waals surface area contributed by atoms with Gasteiger partial charge in [0.05, 0.1) is 11.2 Å². The van der Waals surface area contributed by atoms with Gasteiger partial charge in [0, 0.05) is 12.4 Å². The summed E-state index contributed by atoms with van der Waals surface area (Å²) < 4.78 is 0. The molecule has 0 radical (unpaired) electrons. The van der Waals surface area contributed by atoms with Crippen molar-refractivity contribution in [2.24, 2.45) is 10.9 Å². The molecule has 0 saturated carbocycles. The van der Waals surface area contributed by atoms with Crippen LogP contribution in [0.2, 0.25) is 0 Å². The minimum atomic E-state index is -0.174. The van der Waals surface area contributed by atoms with E-state index in [1.54, 1.807) is 6.20 Å². The molecule has 1 aromatic rings. The summed E-state index contributed by atoms with van der Waals surface area (Å²) >= 11 is 0. The second-order valence-electron chi connectivity index (χ2n) is 5.36. The Labute approximate surface area is 111 Å². The van der Waals surface area contributed by atoms with E-state index in [0.29, 0.717) is 0 Å². The van der Waals surface area contributed by atoms with E-state index in [-0.39, 0.29) is 5.54 Å². The van der Waals surface area contributed by atoms with E-state index >= 15 is 0 Å². The van der Waals surface area contributed by atoms with E-state index in [9.17, 15) is 0 Å². The molecule has 0 bridgehead atoms. The topological polar surface area (TPSA) is 25.2 Å². The largest absolute Gasteiger partial charge is 0.280 e. The quantitative estimate of drug-likeness (QED) is 0.519. The number of hydrogen-bond donors (Lipinski definition) is 0. The standard InChI is InChI=1S/C16H24N2/c1-5-16(4,11-8-9-14(2)3)18-13-15-10-6-7-12-17-15/h5-7,10,12-14H,1,8-9,11H2,2-4H3. The Balaban J connectivity index is 2.59. The van der Waals surface area contributed by atoms with E-state index in [0.717, 1.165) is 18.0 Å². The molecule has 0 aliphatic rings. The molecule has 0 fully saturated rings. The molecule has 0 amide bonds. The van der Waals surface area contributed by atoms with Crippen molar-refractivity contribution in [1.29, 1.82) is 0 Å². The third kappa shape index (κ3) is 5.26. The molecule has 2 heteroatoms. The maximum Gasteiger partial charge on any atom is 0.0808 e. The SMILES string of the molecule is C=CC(C)(CCCC(C)C)N=Cc1ccccn1. The molecule has 1 unspecified atom stereocenters. The van der Waals surface area contributed by atoms with Crippen LogP contribution >= 0.6 is 0 Å². The number of aromatic nitrogens is 1. The summed E-state index contributed by atoms with van der Waals surface area (Å²) in [5, 5.41) is 0. The molecule has 0 aliphatic heterocycles. The zero-order valence-electron chi connectivity index (χ0n) is 11.8. The molecule has 1 rings (SSSR count). The number of hydrogen-bond acceptors (Lipinski definition) is 2. The van der Waals surface area contributed by atoms with Crippen molar-refractivity contribution in [3.63, 3.8) is 0 Å². The summed E-state index contributed by atoms with van der Waals surface area (Å²) in [7, 11) is 0. The van der Waals surface area contributed by atoms with E-state index in [1.807, 2.05) is 30.5 Å². The fraction of sp³-hybridized carbons (Fsp3) is 0.500. The lowest BCUT2D eigenvalue weighted by atomic mass is 9.93. The van der Waals surface area contributed by atoms with Crippen LogP contribution in [-0.2, 0) is 0 Å². The molecule has 1 heterocycles. The fourth-order valence-corrected chi connectivity index (χ4v) is 1.75. The second-order valence-corrected chi connectivity index (χ2v) is 5.36. The van der Waals surface area contributed by atoms with Crippen LogP contribution in [0.1, 0.15) is 45.7 Å². The Bertz CT molecular complexity index is 381. The molecule has 98 valence electrons. The Morgan fingerprint density at radius 2 is 2.22 bits per heavy atom. The van der Waals surface area contributed by atoms with Gasteiger partial charge in [0.25, 0.3) is 0 Å². The summed E-state index contributed by atoms with van der Waals surface area (Å²) in [6, 6.07) is 5.84. The number of nitrogens with zero attached hydrogens (tertiary/aromatic N) is 2. The van der Waals surface area contributed by atoms with Gasteiger partial charge in [0.15, 0.2) is 0 Å². The summed E-state index contributed by atoms with van der Waals surface area (Å²) in [6.45, 7) is 10.5. The predicted molar refractivity (Wildman–Crippen MR) is 79.1 cm³/mol. The highest BCUT2D eigenvalue weighted by atomic mass is 14.8. The van der Waals surface area contributed by atoms with Crippen LogP contribution in [0.5, 0.6) is 0 Å². The lowest BCUT2D eigenvalue weighted by Crippen LogP contribution is -2.18. The zero-order chi connectivity index (χ0) is 13.4. The molecule has 1 aromatic heterocycles. The Kier molecular flexibility index (Phi) is 5.76. The van der Waals surface area contributed by atoms with Crippen LogP contribution in [0.4, 0.5) is 0 Å². The molecule has 0 aromatic carbocycles. The Morgan fingerprint density at radius 1 is 1.44 bits per heavy atom. The first-order valence-electron chi connectivity index (χ1n) is 6.65. The summed E-state index contributed by atoms with van der Waals surface area (Å²) in [5.41, 5.74) is 0.723. The van der Waals surface area contributed by atoms with Crippen LogP contribution in [0, 0.1) is 5.92 Å². The van der Waals surface area contributed by atoms with Gasteiger partial charge in [-0.2, -0.15) is 0 Å². The monoisotopic (exact) mass is 244 g/mol. The van der Waals surface area contributed by atoms with Crippen molar-refractivity contribution < 1.29 is 0 Å². The number of rotatable bonds is 7. The van der Waals surface area contributed by atoms with Crippen LogP contribution in [0.15, 0.2) is 42.0 Å². The summed E-state index contributed by atoms with van der Waals surface area (Å²) in [4.78, 5) is 8.88. The lowest BCUT2D eigenvalue weighted by molar-refractivity contribution is 0.461. The maximum absolute atomic E-state index is 4.64. The molecular formula is C16H24N2. The molecule has 18 heavy (non-hydrogen) atoms. The van der Waals surface area contributed by atoms with Gasteiger partial charge in [-0.25, -0.2) is 0 Å². The Morgan fingerprint density at radius 3 is 2.78 bits per heavy atom. The first kappa shape index (κ1) is 14.6. The number of aliphatic imine (C=N–C) groups is 1. The third-order valence-electron chi connectivity index (χ3n) is 3.08. The minimum Gasteiger partial charge on any atom is -0.280 e. The normalized spacial score (nSPS) is 14.9. The van der Waals surface area contributed by atoms with Crippen LogP contribution in [0.25, 0.3) is 0 Å². The van der Waals surface area contributed by atoms with Gasteiger partial charge >= 0.3 is 0 Å². The van der Waals surface area contributed by atoms with Gasteiger partial charge < -0.3 is 0 Å². The minimum absolute atomic E-state index is 0.174. The third-order valence-corrected chi connectivity index (χ3v) is 3.08. The molecule has 0 aliphatic carbocycles. The van der Waals surface area contributed by atoms with Crippen molar-refractivity contribution in [3.8, 4) is 0 Å². The fourth-order valence-electron chi connectivity index (χ4n) is 1.75. The molecule has 0 spiro atoms. The number of pyridine rings is 1. The van der Waals surface area contributed by atoms with Crippen molar-refractivity contribution in [2.75, 3.05) is 0 Å². The first-order valence-corrected chi connectivity index (χ1v) is 6.65. The first-order chi connectivity index (χ1) is 8.56. The average molecular weight is 244 g/mol. The lowest BCUT2D eigenvalue weighted by Gasteiger charge is -2.21. The maximum atomic E-state index is 4.64. The molecule has 0 saturated heterocycles. The van der Waals surface area contributed by atoms with E-state index < -0.39 is 0 Å². The van der Waals surface area contributed by atoms with E-state index in [2.05, 4.69) is 37.3 Å². The van der Waals surface area contributed by atoms with E-state index in [1.165, 1.54) is 12.8 Å². The highest BCUT2D eigenvalue weighted by Gasteiger charge is 2.17. The highest BCUT2D eigenvalue weighted by molar-refractivity contribution is 5.77. The van der Waals surface area contributed by atoms with Gasteiger partial charge in [0.1, 0.15) is 0 Å². The van der Waals surface area contributed by atoms with Gasteiger partial charge in [-0.3, -0.25) is 9.98 Å². The molecule has 2 nitrogen and oxygen atoms in total. The van der Waals surface area contributed by atoms with Gasteiger partial charge in [-0.05, 0) is 31.4 Å². The van der Waals surface area contributed by atoms with Crippen LogP contribution in [-0.4, -0.2) is 16.7 Å². The molecule has 0 N–H and O–H groups in total.